The molecule has 0 amide bonds. The lowest BCUT2D eigenvalue weighted by Crippen LogP contribution is -2.45. The van der Waals surface area contributed by atoms with Crippen molar-refractivity contribution in [3.63, 3.8) is 0 Å². The van der Waals surface area contributed by atoms with Crippen LogP contribution in [0, 0.1) is 0 Å². The van der Waals surface area contributed by atoms with Crippen LogP contribution in [0.5, 0.6) is 0 Å². The number of sulfonamides is 1. The fourth-order valence-corrected chi connectivity index (χ4v) is 2.64. The fraction of sp³-hybridized carbons (Fsp3) is 0.875. The lowest BCUT2D eigenvalue weighted by molar-refractivity contribution is -0.134. The molecule has 14 heavy (non-hydrogen) atoms. The van der Waals surface area contributed by atoms with Crippen LogP contribution in [0.2, 0.25) is 0 Å². The van der Waals surface area contributed by atoms with Crippen LogP contribution in [0.4, 0.5) is 0 Å². The molecule has 0 bridgehead atoms. The number of aliphatic carboxylic acids is 1. The fourth-order valence-electron chi connectivity index (χ4n) is 1.30. The Kier molecular flexibility index (Phi) is 4.54. The van der Waals surface area contributed by atoms with Crippen molar-refractivity contribution in [2.75, 3.05) is 5.75 Å². The smallest absolute Gasteiger partial charge is 0.320 e. The highest BCUT2D eigenvalue weighted by Crippen LogP contribution is 2.12. The highest BCUT2D eigenvalue weighted by atomic mass is 32.2. The number of rotatable bonds is 6. The molecule has 0 rings (SSSR count). The van der Waals surface area contributed by atoms with E-state index in [0.717, 1.165) is 6.42 Å². The molecule has 0 aromatic carbocycles. The van der Waals surface area contributed by atoms with Crippen molar-refractivity contribution in [2.24, 2.45) is 0 Å². The minimum absolute atomic E-state index is 0.580. The minimum Gasteiger partial charge on any atom is -0.480 e. The molecule has 0 saturated heterocycles. The van der Waals surface area contributed by atoms with E-state index in [1.54, 1.807) is 13.8 Å². The summed E-state index contributed by atoms with van der Waals surface area (Å²) in [6, 6.07) is 0. The van der Waals surface area contributed by atoms with Gasteiger partial charge in [-0.05, 0) is 20.3 Å². The van der Waals surface area contributed by atoms with Crippen LogP contribution in [-0.2, 0) is 14.8 Å². The molecule has 0 aliphatic rings. The quantitative estimate of drug-likeness (QED) is 0.689. The summed E-state index contributed by atoms with van der Waals surface area (Å²) >= 11 is 0. The van der Waals surface area contributed by atoms with Crippen LogP contribution >= 0.6 is 0 Å². The zero-order valence-corrected chi connectivity index (χ0v) is 9.52. The van der Waals surface area contributed by atoms with Crippen molar-refractivity contribution in [1.82, 2.24) is 4.72 Å². The highest BCUT2D eigenvalue weighted by molar-refractivity contribution is 7.90. The second kappa shape index (κ2) is 4.75. The maximum Gasteiger partial charge on any atom is 0.320 e. The maximum absolute atomic E-state index is 11.2. The third kappa shape index (κ3) is 5.93. The first-order valence-electron chi connectivity index (χ1n) is 4.42. The molecule has 6 heteroatoms. The Morgan fingerprint density at radius 2 is 1.93 bits per heavy atom. The van der Waals surface area contributed by atoms with Gasteiger partial charge in [0.15, 0.2) is 5.75 Å². The molecule has 0 atom stereocenters. The first-order chi connectivity index (χ1) is 6.18. The summed E-state index contributed by atoms with van der Waals surface area (Å²) in [5.41, 5.74) is -0.580. The summed E-state index contributed by atoms with van der Waals surface area (Å²) in [5, 5.41) is 8.36. The van der Waals surface area contributed by atoms with E-state index < -0.39 is 27.3 Å². The van der Waals surface area contributed by atoms with Crippen LogP contribution in [0.15, 0.2) is 0 Å². The van der Waals surface area contributed by atoms with Gasteiger partial charge >= 0.3 is 5.97 Å². The van der Waals surface area contributed by atoms with Crippen LogP contribution in [0.3, 0.4) is 0 Å². The van der Waals surface area contributed by atoms with Crippen molar-refractivity contribution in [3.05, 3.63) is 0 Å². The largest absolute Gasteiger partial charge is 0.480 e. The van der Waals surface area contributed by atoms with Gasteiger partial charge in [-0.2, -0.15) is 0 Å². The number of nitrogens with one attached hydrogen (secondary N) is 1. The van der Waals surface area contributed by atoms with Crippen LogP contribution in [-0.4, -0.2) is 30.8 Å². The van der Waals surface area contributed by atoms with Gasteiger partial charge in [0, 0.05) is 5.54 Å². The Hall–Kier alpha value is -0.620. The number of carbonyl (C=O) groups is 1. The molecule has 0 fully saturated rings. The molecular formula is C8H17NO4S. The van der Waals surface area contributed by atoms with Crippen LogP contribution in [0.1, 0.15) is 33.6 Å². The van der Waals surface area contributed by atoms with Gasteiger partial charge < -0.3 is 5.11 Å². The average Bonchev–Trinajstić information content (AvgIpc) is 1.78. The van der Waals surface area contributed by atoms with Gasteiger partial charge in [0.1, 0.15) is 0 Å². The minimum atomic E-state index is -3.71. The second-order valence-corrected chi connectivity index (χ2v) is 5.61. The summed E-state index contributed by atoms with van der Waals surface area (Å²) in [5.74, 6) is -2.22. The number of carboxylic acids is 1. The number of hydrogen-bond acceptors (Lipinski definition) is 3. The van der Waals surface area contributed by atoms with E-state index in [0.29, 0.717) is 6.42 Å². The van der Waals surface area contributed by atoms with Crippen LogP contribution < -0.4 is 4.72 Å². The lowest BCUT2D eigenvalue weighted by atomic mass is 10.0. The van der Waals surface area contributed by atoms with E-state index in [9.17, 15) is 13.2 Å². The van der Waals surface area contributed by atoms with Gasteiger partial charge in [-0.15, -0.1) is 0 Å². The SMILES string of the molecule is CCCC(C)(C)NS(=O)(=O)CC(=O)O. The van der Waals surface area contributed by atoms with E-state index in [1.165, 1.54) is 0 Å². The molecule has 5 nitrogen and oxygen atoms in total. The molecule has 0 aliphatic heterocycles. The van der Waals surface area contributed by atoms with E-state index in [4.69, 9.17) is 5.11 Å². The van der Waals surface area contributed by atoms with E-state index in [2.05, 4.69) is 4.72 Å². The Morgan fingerprint density at radius 1 is 1.43 bits per heavy atom. The maximum atomic E-state index is 11.2. The van der Waals surface area contributed by atoms with Gasteiger partial charge in [-0.1, -0.05) is 13.3 Å². The molecule has 0 aromatic heterocycles. The summed E-state index contributed by atoms with van der Waals surface area (Å²) in [6.07, 6.45) is 1.51. The Bertz CT molecular complexity index is 294. The van der Waals surface area contributed by atoms with Crippen LogP contribution in [0.25, 0.3) is 0 Å². The zero-order valence-electron chi connectivity index (χ0n) is 8.70. The molecule has 0 saturated carbocycles. The standard InChI is InChI=1S/C8H17NO4S/c1-4-5-8(2,3)9-14(12,13)6-7(10)11/h9H,4-6H2,1-3H3,(H,10,11). The zero-order chi connectivity index (χ0) is 11.4. The molecular weight excluding hydrogens is 206 g/mol. The van der Waals surface area contributed by atoms with Crippen molar-refractivity contribution >= 4 is 16.0 Å². The first kappa shape index (κ1) is 13.4. The molecule has 0 spiro atoms. The molecule has 0 heterocycles. The van der Waals surface area contributed by atoms with Crippen molar-refractivity contribution < 1.29 is 18.3 Å². The predicted octanol–water partition coefficient (Wildman–Crippen LogP) is 0.569. The van der Waals surface area contributed by atoms with Gasteiger partial charge in [-0.25, -0.2) is 13.1 Å². The summed E-state index contributed by atoms with van der Waals surface area (Å²) in [7, 11) is -3.71. The van der Waals surface area contributed by atoms with Gasteiger partial charge in [0.05, 0.1) is 0 Å². The van der Waals surface area contributed by atoms with Crippen molar-refractivity contribution in [3.8, 4) is 0 Å². The van der Waals surface area contributed by atoms with Crippen molar-refractivity contribution in [2.45, 2.75) is 39.2 Å². The summed E-state index contributed by atoms with van der Waals surface area (Å²) in [6.45, 7) is 5.40. The molecule has 0 aliphatic carbocycles. The number of carboxylic acid groups (broad SMARTS) is 1. The van der Waals surface area contributed by atoms with E-state index in [1.807, 2.05) is 6.92 Å². The molecule has 2 N–H and O–H groups in total. The number of hydrogen-bond donors (Lipinski definition) is 2. The van der Waals surface area contributed by atoms with Gasteiger partial charge in [0.25, 0.3) is 0 Å². The summed E-state index contributed by atoms with van der Waals surface area (Å²) < 4.78 is 24.8. The highest BCUT2D eigenvalue weighted by Gasteiger charge is 2.25. The Morgan fingerprint density at radius 3 is 2.29 bits per heavy atom. The molecule has 84 valence electrons. The third-order valence-corrected chi connectivity index (χ3v) is 3.11. The van der Waals surface area contributed by atoms with Gasteiger partial charge in [0.2, 0.25) is 10.0 Å². The monoisotopic (exact) mass is 223 g/mol. The predicted molar refractivity (Wildman–Crippen MR) is 53.5 cm³/mol. The first-order valence-corrected chi connectivity index (χ1v) is 6.07. The lowest BCUT2D eigenvalue weighted by Gasteiger charge is -2.24. The third-order valence-electron chi connectivity index (χ3n) is 1.62. The topological polar surface area (TPSA) is 83.5 Å². The Labute approximate surface area is 84.6 Å². The normalized spacial score (nSPS) is 12.8. The van der Waals surface area contributed by atoms with Gasteiger partial charge in [-0.3, -0.25) is 4.79 Å². The van der Waals surface area contributed by atoms with E-state index in [-0.39, 0.29) is 0 Å². The molecule has 0 unspecified atom stereocenters. The average molecular weight is 223 g/mol. The Balaban J connectivity index is 4.42. The summed E-state index contributed by atoms with van der Waals surface area (Å²) in [4.78, 5) is 10.2. The molecule has 0 radical (unpaired) electrons. The van der Waals surface area contributed by atoms with Crippen molar-refractivity contribution in [1.29, 1.82) is 0 Å². The second-order valence-electron chi connectivity index (χ2n) is 3.89. The molecule has 0 aromatic rings. The van der Waals surface area contributed by atoms with E-state index >= 15 is 0 Å².